The summed E-state index contributed by atoms with van der Waals surface area (Å²) in [4.78, 5) is 23.4. The summed E-state index contributed by atoms with van der Waals surface area (Å²) < 4.78 is 0. The molecule has 0 spiro atoms. The highest BCUT2D eigenvalue weighted by Gasteiger charge is 2.13. The van der Waals surface area contributed by atoms with Crippen LogP contribution in [0.3, 0.4) is 0 Å². The fourth-order valence-corrected chi connectivity index (χ4v) is 1.55. The van der Waals surface area contributed by atoms with Gasteiger partial charge >= 0.3 is 0 Å². The Morgan fingerprint density at radius 1 is 1.35 bits per heavy atom. The molecule has 0 aliphatic heterocycles. The van der Waals surface area contributed by atoms with Crippen LogP contribution < -0.4 is 16.4 Å². The predicted octanol–water partition coefficient (Wildman–Crippen LogP) is 2.04. The fourth-order valence-electron chi connectivity index (χ4n) is 1.34. The maximum atomic E-state index is 11.8. The summed E-state index contributed by atoms with van der Waals surface area (Å²) in [5, 5.41) is 5.68. The average Bonchev–Trinajstić information content (AvgIpc) is 2.37. The lowest BCUT2D eigenvalue weighted by Crippen LogP contribution is -2.29. The Morgan fingerprint density at radius 3 is 2.55 bits per heavy atom. The Hall–Kier alpha value is -1.30. The second kappa shape index (κ2) is 8.79. The molecule has 7 heteroatoms. The van der Waals surface area contributed by atoms with Gasteiger partial charge in [-0.15, -0.1) is 12.4 Å². The van der Waals surface area contributed by atoms with Crippen molar-refractivity contribution in [3.8, 4) is 0 Å². The van der Waals surface area contributed by atoms with E-state index in [2.05, 4.69) is 10.6 Å². The van der Waals surface area contributed by atoms with Gasteiger partial charge in [-0.25, -0.2) is 0 Å². The van der Waals surface area contributed by atoms with Crippen molar-refractivity contribution in [3.05, 3.63) is 28.8 Å². The molecule has 0 saturated heterocycles. The molecule has 0 aliphatic rings. The molecule has 0 fully saturated rings. The Labute approximate surface area is 129 Å². The molecule has 1 rings (SSSR count). The predicted molar refractivity (Wildman–Crippen MR) is 83.6 cm³/mol. The van der Waals surface area contributed by atoms with Gasteiger partial charge in [0.1, 0.15) is 0 Å². The van der Waals surface area contributed by atoms with Crippen molar-refractivity contribution in [1.29, 1.82) is 0 Å². The fraction of sp³-hybridized carbons (Fsp3) is 0.385. The summed E-state index contributed by atoms with van der Waals surface area (Å²) in [7, 11) is 0. The maximum Gasteiger partial charge on any atom is 0.252 e. The second-order valence-corrected chi connectivity index (χ2v) is 4.79. The van der Waals surface area contributed by atoms with Gasteiger partial charge in [-0.2, -0.15) is 0 Å². The van der Waals surface area contributed by atoms with E-state index < -0.39 is 0 Å². The van der Waals surface area contributed by atoms with Crippen LogP contribution in [0.2, 0.25) is 5.02 Å². The minimum Gasteiger partial charge on any atom is -0.351 e. The molecule has 0 saturated carbocycles. The van der Waals surface area contributed by atoms with E-state index in [9.17, 15) is 9.59 Å². The number of amides is 2. The van der Waals surface area contributed by atoms with Crippen LogP contribution in [0.25, 0.3) is 0 Å². The van der Waals surface area contributed by atoms with E-state index in [-0.39, 0.29) is 30.1 Å². The quantitative estimate of drug-likeness (QED) is 0.776. The van der Waals surface area contributed by atoms with Gasteiger partial charge in [-0.1, -0.05) is 25.4 Å². The number of anilines is 1. The molecule has 0 aromatic heterocycles. The number of benzene rings is 1. The molecule has 0 aliphatic carbocycles. The van der Waals surface area contributed by atoms with Crippen molar-refractivity contribution < 1.29 is 9.59 Å². The average molecular weight is 320 g/mol. The number of carbonyl (C=O) groups excluding carboxylic acids is 2. The molecule has 4 N–H and O–H groups in total. The summed E-state index contributed by atoms with van der Waals surface area (Å²) in [5.41, 5.74) is 6.18. The van der Waals surface area contributed by atoms with Gasteiger partial charge < -0.3 is 16.4 Å². The Morgan fingerprint density at radius 2 is 2.00 bits per heavy atom. The normalized spacial score (nSPS) is 9.85. The van der Waals surface area contributed by atoms with Crippen molar-refractivity contribution >= 4 is 41.5 Å². The first-order valence-electron chi connectivity index (χ1n) is 6.04. The van der Waals surface area contributed by atoms with Crippen molar-refractivity contribution in [1.82, 2.24) is 5.32 Å². The number of rotatable bonds is 5. The number of hydrogen-bond donors (Lipinski definition) is 3. The van der Waals surface area contributed by atoms with Crippen LogP contribution in [0.15, 0.2) is 18.2 Å². The number of hydrogen-bond acceptors (Lipinski definition) is 3. The van der Waals surface area contributed by atoms with Crippen molar-refractivity contribution in [2.75, 3.05) is 18.4 Å². The third-order valence-corrected chi connectivity index (χ3v) is 2.76. The Bertz CT molecular complexity index is 479. The zero-order valence-corrected chi connectivity index (χ0v) is 13.0. The number of carbonyl (C=O) groups is 2. The van der Waals surface area contributed by atoms with E-state index in [1.807, 2.05) is 0 Å². The topological polar surface area (TPSA) is 84.2 Å². The summed E-state index contributed by atoms with van der Waals surface area (Å²) >= 11 is 5.96. The van der Waals surface area contributed by atoms with Crippen LogP contribution >= 0.6 is 24.0 Å². The monoisotopic (exact) mass is 319 g/mol. The van der Waals surface area contributed by atoms with Crippen LogP contribution in [0.4, 0.5) is 5.69 Å². The van der Waals surface area contributed by atoms with Gasteiger partial charge in [0.15, 0.2) is 0 Å². The summed E-state index contributed by atoms with van der Waals surface area (Å²) in [6.07, 6.45) is 0. The zero-order chi connectivity index (χ0) is 14.4. The summed E-state index contributed by atoms with van der Waals surface area (Å²) in [6.45, 7) is 4.31. The molecule has 112 valence electrons. The van der Waals surface area contributed by atoms with E-state index >= 15 is 0 Å². The van der Waals surface area contributed by atoms with Gasteiger partial charge in [-0.05, 0) is 18.2 Å². The first-order valence-corrected chi connectivity index (χ1v) is 6.42. The Kier molecular flexibility index (Phi) is 8.22. The first kappa shape index (κ1) is 18.7. The van der Waals surface area contributed by atoms with Crippen LogP contribution in [0, 0.1) is 5.92 Å². The summed E-state index contributed by atoms with van der Waals surface area (Å²) in [5.74, 6) is -0.558. The molecule has 0 unspecified atom stereocenters. The van der Waals surface area contributed by atoms with E-state index in [0.717, 1.165) is 0 Å². The van der Waals surface area contributed by atoms with Crippen LogP contribution in [-0.2, 0) is 4.79 Å². The molecule has 0 bridgehead atoms. The van der Waals surface area contributed by atoms with Crippen molar-refractivity contribution in [2.45, 2.75) is 13.8 Å². The molecule has 0 heterocycles. The zero-order valence-electron chi connectivity index (χ0n) is 11.4. The minimum absolute atomic E-state index is 0. The summed E-state index contributed by atoms with van der Waals surface area (Å²) in [6, 6.07) is 4.78. The molecular formula is C13H19Cl2N3O2. The minimum atomic E-state index is -0.309. The van der Waals surface area contributed by atoms with Crippen LogP contribution in [0.1, 0.15) is 24.2 Å². The van der Waals surface area contributed by atoms with Gasteiger partial charge in [0.2, 0.25) is 5.91 Å². The standard InChI is InChI=1S/C13H18ClN3O2.ClH/c1-8(2)12(18)17-9-3-4-11(14)10(7-9)13(19)16-6-5-15;/h3-4,7-8H,5-6,15H2,1-2H3,(H,16,19)(H,17,18);1H. The highest BCUT2D eigenvalue weighted by molar-refractivity contribution is 6.34. The van der Waals surface area contributed by atoms with Crippen LogP contribution in [-0.4, -0.2) is 24.9 Å². The number of nitrogens with two attached hydrogens (primary N) is 1. The third-order valence-electron chi connectivity index (χ3n) is 2.43. The lowest BCUT2D eigenvalue weighted by Gasteiger charge is -2.10. The third kappa shape index (κ3) is 5.36. The van der Waals surface area contributed by atoms with E-state index in [1.165, 1.54) is 0 Å². The molecule has 0 radical (unpaired) electrons. The first-order chi connectivity index (χ1) is 8.95. The van der Waals surface area contributed by atoms with Gasteiger partial charge in [0.25, 0.3) is 5.91 Å². The van der Waals surface area contributed by atoms with Gasteiger partial charge in [0, 0.05) is 24.7 Å². The second-order valence-electron chi connectivity index (χ2n) is 4.38. The number of halogens is 2. The molecule has 2 amide bonds. The SMILES string of the molecule is CC(C)C(=O)Nc1ccc(Cl)c(C(=O)NCCN)c1.Cl. The smallest absolute Gasteiger partial charge is 0.252 e. The van der Waals surface area contributed by atoms with E-state index in [1.54, 1.807) is 32.0 Å². The highest BCUT2D eigenvalue weighted by Crippen LogP contribution is 2.21. The lowest BCUT2D eigenvalue weighted by molar-refractivity contribution is -0.118. The van der Waals surface area contributed by atoms with Gasteiger partial charge in [0.05, 0.1) is 10.6 Å². The Balaban J connectivity index is 0.00000361. The van der Waals surface area contributed by atoms with Crippen molar-refractivity contribution in [2.24, 2.45) is 11.7 Å². The molecule has 0 atom stereocenters. The largest absolute Gasteiger partial charge is 0.351 e. The molecule has 1 aromatic carbocycles. The molecular weight excluding hydrogens is 301 g/mol. The van der Waals surface area contributed by atoms with Gasteiger partial charge in [-0.3, -0.25) is 9.59 Å². The number of nitrogens with one attached hydrogen (secondary N) is 2. The highest BCUT2D eigenvalue weighted by atomic mass is 35.5. The van der Waals surface area contributed by atoms with Crippen molar-refractivity contribution in [3.63, 3.8) is 0 Å². The maximum absolute atomic E-state index is 11.8. The molecule has 20 heavy (non-hydrogen) atoms. The van der Waals surface area contributed by atoms with E-state index in [0.29, 0.717) is 29.4 Å². The van der Waals surface area contributed by atoms with E-state index in [4.69, 9.17) is 17.3 Å². The lowest BCUT2D eigenvalue weighted by atomic mass is 10.1. The molecule has 5 nitrogen and oxygen atoms in total. The van der Waals surface area contributed by atoms with Crippen LogP contribution in [0.5, 0.6) is 0 Å². The molecule has 1 aromatic rings.